The maximum atomic E-state index is 14.1. The zero-order valence-corrected chi connectivity index (χ0v) is 14.4. The highest BCUT2D eigenvalue weighted by Crippen LogP contribution is 2.29. The largest absolute Gasteiger partial charge is 0.490 e. The number of carbonyl (C=O) groups is 2. The summed E-state index contributed by atoms with van der Waals surface area (Å²) in [7, 11) is 0. The number of rotatable bonds is 7. The summed E-state index contributed by atoms with van der Waals surface area (Å²) in [6.07, 6.45) is 2.76. The molecule has 1 aliphatic rings. The van der Waals surface area contributed by atoms with Crippen LogP contribution >= 0.6 is 0 Å². The summed E-state index contributed by atoms with van der Waals surface area (Å²) < 4.78 is 24.9. The van der Waals surface area contributed by atoms with E-state index in [0.29, 0.717) is 51.1 Å². The van der Waals surface area contributed by atoms with Crippen molar-refractivity contribution in [3.8, 4) is 5.75 Å². The molecule has 1 saturated carbocycles. The highest BCUT2D eigenvalue weighted by molar-refractivity contribution is 5.94. The first-order chi connectivity index (χ1) is 12.0. The molecule has 0 saturated heterocycles. The molecule has 138 valence electrons. The Morgan fingerprint density at radius 1 is 1.28 bits per heavy atom. The monoisotopic (exact) mass is 352 g/mol. The molecule has 6 nitrogen and oxygen atoms in total. The van der Waals surface area contributed by atoms with Gasteiger partial charge in [-0.3, -0.25) is 9.59 Å². The fraction of sp³-hybridized carbons (Fsp3) is 0.556. The lowest BCUT2D eigenvalue weighted by Crippen LogP contribution is -2.30. The molecule has 0 bridgehead atoms. The fourth-order valence-electron chi connectivity index (χ4n) is 2.90. The summed E-state index contributed by atoms with van der Waals surface area (Å²) in [5.74, 6) is -0.978. The van der Waals surface area contributed by atoms with Gasteiger partial charge in [0.2, 0.25) is 0 Å². The Balaban J connectivity index is 1.88. The minimum absolute atomic E-state index is 0.0354. The van der Waals surface area contributed by atoms with E-state index in [-0.39, 0.29) is 23.6 Å². The van der Waals surface area contributed by atoms with Crippen molar-refractivity contribution in [2.24, 2.45) is 11.7 Å². The number of ether oxygens (including phenoxy) is 2. The second-order valence-electron chi connectivity index (χ2n) is 6.03. The van der Waals surface area contributed by atoms with Gasteiger partial charge in [-0.05, 0) is 44.7 Å². The van der Waals surface area contributed by atoms with E-state index in [4.69, 9.17) is 15.2 Å². The lowest BCUT2D eigenvalue weighted by molar-refractivity contribution is -0.149. The topological polar surface area (TPSA) is 90.6 Å². The summed E-state index contributed by atoms with van der Waals surface area (Å²) in [6.45, 7) is 2.77. The van der Waals surface area contributed by atoms with Gasteiger partial charge in [0, 0.05) is 19.2 Å². The standard InChI is InChI=1S/C18H25FN2O4/c1-2-24-18(23)12-3-5-13(6-4-12)25-14-7-8-15(16(19)11-14)17(22)21-10-9-20/h7-8,11-13H,2-6,9-10,20H2,1H3,(H,21,22). The van der Waals surface area contributed by atoms with Gasteiger partial charge < -0.3 is 20.5 Å². The Kier molecular flexibility index (Phi) is 7.18. The Labute approximate surface area is 146 Å². The molecule has 0 heterocycles. The van der Waals surface area contributed by atoms with Crippen LogP contribution in [-0.4, -0.2) is 37.7 Å². The van der Waals surface area contributed by atoms with Crippen molar-refractivity contribution in [3.63, 3.8) is 0 Å². The number of hydrogen-bond acceptors (Lipinski definition) is 5. The Bertz CT molecular complexity index is 601. The summed E-state index contributed by atoms with van der Waals surface area (Å²) in [6, 6.07) is 4.20. The molecule has 0 aromatic heterocycles. The summed E-state index contributed by atoms with van der Waals surface area (Å²) in [5.41, 5.74) is 5.27. The zero-order valence-electron chi connectivity index (χ0n) is 14.4. The molecule has 0 radical (unpaired) electrons. The zero-order chi connectivity index (χ0) is 18.2. The van der Waals surface area contributed by atoms with Crippen LogP contribution in [0.5, 0.6) is 5.75 Å². The van der Waals surface area contributed by atoms with E-state index in [1.807, 2.05) is 0 Å². The second-order valence-corrected chi connectivity index (χ2v) is 6.03. The first kappa shape index (κ1) is 19.2. The van der Waals surface area contributed by atoms with E-state index in [9.17, 15) is 14.0 Å². The molecular formula is C18H25FN2O4. The number of halogens is 1. The Morgan fingerprint density at radius 3 is 2.60 bits per heavy atom. The third-order valence-corrected chi connectivity index (χ3v) is 4.21. The number of benzene rings is 1. The Hall–Kier alpha value is -2.15. The summed E-state index contributed by atoms with van der Waals surface area (Å²) in [4.78, 5) is 23.5. The van der Waals surface area contributed by atoms with E-state index in [1.165, 1.54) is 12.1 Å². The molecule has 1 aromatic carbocycles. The molecule has 0 unspecified atom stereocenters. The maximum Gasteiger partial charge on any atom is 0.308 e. The number of nitrogens with two attached hydrogens (primary N) is 1. The first-order valence-electron chi connectivity index (χ1n) is 8.66. The van der Waals surface area contributed by atoms with Crippen LogP contribution in [0.3, 0.4) is 0 Å². The number of nitrogens with one attached hydrogen (secondary N) is 1. The number of amides is 1. The van der Waals surface area contributed by atoms with Gasteiger partial charge in [-0.15, -0.1) is 0 Å². The molecule has 1 amide bonds. The minimum atomic E-state index is -0.632. The smallest absolute Gasteiger partial charge is 0.308 e. The fourth-order valence-corrected chi connectivity index (χ4v) is 2.90. The van der Waals surface area contributed by atoms with Crippen LogP contribution in [0.2, 0.25) is 0 Å². The first-order valence-corrected chi connectivity index (χ1v) is 8.66. The molecule has 0 aliphatic heterocycles. The molecule has 0 atom stereocenters. The van der Waals surface area contributed by atoms with E-state index in [0.717, 1.165) is 0 Å². The third kappa shape index (κ3) is 5.42. The highest BCUT2D eigenvalue weighted by Gasteiger charge is 2.28. The molecule has 7 heteroatoms. The van der Waals surface area contributed by atoms with E-state index in [1.54, 1.807) is 13.0 Å². The van der Waals surface area contributed by atoms with E-state index >= 15 is 0 Å². The van der Waals surface area contributed by atoms with E-state index in [2.05, 4.69) is 5.32 Å². The quantitative estimate of drug-likeness (QED) is 0.733. The van der Waals surface area contributed by atoms with Gasteiger partial charge in [0.15, 0.2) is 0 Å². The van der Waals surface area contributed by atoms with Crippen molar-refractivity contribution in [3.05, 3.63) is 29.6 Å². The molecule has 1 aromatic rings. The van der Waals surface area contributed by atoms with Gasteiger partial charge in [-0.1, -0.05) is 0 Å². The second kappa shape index (κ2) is 9.36. The van der Waals surface area contributed by atoms with Crippen molar-refractivity contribution in [2.45, 2.75) is 38.7 Å². The molecule has 2 rings (SSSR count). The number of carbonyl (C=O) groups excluding carboxylic acids is 2. The van der Waals surface area contributed by atoms with Gasteiger partial charge in [0.05, 0.1) is 24.2 Å². The summed E-state index contributed by atoms with van der Waals surface area (Å²) >= 11 is 0. The van der Waals surface area contributed by atoms with E-state index < -0.39 is 11.7 Å². The molecule has 0 spiro atoms. The molecule has 3 N–H and O–H groups in total. The normalized spacial score (nSPS) is 20.0. The van der Waals surface area contributed by atoms with Crippen LogP contribution in [0.4, 0.5) is 4.39 Å². The average molecular weight is 352 g/mol. The van der Waals surface area contributed by atoms with Gasteiger partial charge in [-0.25, -0.2) is 4.39 Å². The van der Waals surface area contributed by atoms with Crippen LogP contribution in [0, 0.1) is 11.7 Å². The SMILES string of the molecule is CCOC(=O)C1CCC(Oc2ccc(C(=O)NCCN)c(F)c2)CC1. The number of hydrogen-bond donors (Lipinski definition) is 2. The van der Waals surface area contributed by atoms with Crippen LogP contribution in [-0.2, 0) is 9.53 Å². The van der Waals surface area contributed by atoms with Crippen LogP contribution in [0.15, 0.2) is 18.2 Å². The molecule has 1 aliphatic carbocycles. The van der Waals surface area contributed by atoms with Gasteiger partial charge in [0.25, 0.3) is 5.91 Å². The lowest BCUT2D eigenvalue weighted by Gasteiger charge is -2.27. The third-order valence-electron chi connectivity index (χ3n) is 4.21. The molecular weight excluding hydrogens is 327 g/mol. The van der Waals surface area contributed by atoms with Crippen molar-refractivity contribution >= 4 is 11.9 Å². The van der Waals surface area contributed by atoms with Crippen LogP contribution < -0.4 is 15.8 Å². The number of esters is 1. The maximum absolute atomic E-state index is 14.1. The van der Waals surface area contributed by atoms with Crippen molar-refractivity contribution in [1.82, 2.24) is 5.32 Å². The predicted molar refractivity (Wildman–Crippen MR) is 90.8 cm³/mol. The van der Waals surface area contributed by atoms with Gasteiger partial charge in [0.1, 0.15) is 11.6 Å². The van der Waals surface area contributed by atoms with Crippen molar-refractivity contribution in [2.75, 3.05) is 19.7 Å². The Morgan fingerprint density at radius 2 is 2.00 bits per heavy atom. The van der Waals surface area contributed by atoms with Crippen molar-refractivity contribution in [1.29, 1.82) is 0 Å². The molecule has 1 fully saturated rings. The highest BCUT2D eigenvalue weighted by atomic mass is 19.1. The molecule has 25 heavy (non-hydrogen) atoms. The van der Waals surface area contributed by atoms with Crippen LogP contribution in [0.1, 0.15) is 43.0 Å². The predicted octanol–water partition coefficient (Wildman–Crippen LogP) is 2.01. The summed E-state index contributed by atoms with van der Waals surface area (Å²) in [5, 5.41) is 2.53. The van der Waals surface area contributed by atoms with Gasteiger partial charge >= 0.3 is 5.97 Å². The van der Waals surface area contributed by atoms with Gasteiger partial charge in [-0.2, -0.15) is 0 Å². The minimum Gasteiger partial charge on any atom is -0.490 e. The van der Waals surface area contributed by atoms with Crippen molar-refractivity contribution < 1.29 is 23.5 Å². The lowest BCUT2D eigenvalue weighted by atomic mass is 9.87. The van der Waals surface area contributed by atoms with Crippen LogP contribution in [0.25, 0.3) is 0 Å². The average Bonchev–Trinajstić information content (AvgIpc) is 2.60.